The third-order valence-electron chi connectivity index (χ3n) is 1.89. The van der Waals surface area contributed by atoms with Crippen LogP contribution in [0.4, 0.5) is 0 Å². The molecule has 1 aromatic heterocycles. The summed E-state index contributed by atoms with van der Waals surface area (Å²) in [5.41, 5.74) is 1.06. The molecule has 0 radical (unpaired) electrons. The van der Waals surface area contributed by atoms with E-state index in [2.05, 4.69) is 10.4 Å². The van der Waals surface area contributed by atoms with Gasteiger partial charge in [0, 0.05) is 31.4 Å². The summed E-state index contributed by atoms with van der Waals surface area (Å²) in [5, 5.41) is 15.7. The predicted octanol–water partition coefficient (Wildman–Crippen LogP) is 0.373. The normalized spacial score (nSPS) is 12.7. The molecule has 1 heterocycles. The number of hydrogen-bond donors (Lipinski definition) is 2. The Morgan fingerprint density at radius 1 is 1.79 bits per heavy atom. The maximum absolute atomic E-state index is 10.4. The van der Waals surface area contributed by atoms with Crippen LogP contribution in [0.3, 0.4) is 0 Å². The van der Waals surface area contributed by atoms with Gasteiger partial charge in [-0.05, 0) is 6.92 Å². The smallest absolute Gasteiger partial charge is 0.304 e. The molecule has 1 atom stereocenters. The molecule has 0 amide bonds. The minimum Gasteiger partial charge on any atom is -0.481 e. The van der Waals surface area contributed by atoms with Gasteiger partial charge in [0.25, 0.3) is 0 Å². The molecular formula is C9H15N3O2. The number of carboxylic acids is 1. The van der Waals surface area contributed by atoms with Crippen LogP contribution in [0, 0.1) is 0 Å². The second-order valence-electron chi connectivity index (χ2n) is 3.40. The summed E-state index contributed by atoms with van der Waals surface area (Å²) in [5.74, 6) is -0.781. The van der Waals surface area contributed by atoms with Gasteiger partial charge in [-0.15, -0.1) is 0 Å². The third kappa shape index (κ3) is 3.57. The lowest BCUT2D eigenvalue weighted by molar-refractivity contribution is -0.137. The number of hydrogen-bond acceptors (Lipinski definition) is 3. The summed E-state index contributed by atoms with van der Waals surface area (Å²) in [6.45, 7) is 2.51. The lowest BCUT2D eigenvalue weighted by atomic mass is 10.2. The van der Waals surface area contributed by atoms with E-state index in [1.165, 1.54) is 0 Å². The molecule has 0 bridgehead atoms. The Balaban J connectivity index is 2.30. The first kappa shape index (κ1) is 10.7. The second kappa shape index (κ2) is 4.76. The SMILES string of the molecule is CC(CC(=O)O)NCc1cnn(C)c1. The van der Waals surface area contributed by atoms with Gasteiger partial charge in [-0.25, -0.2) is 0 Å². The van der Waals surface area contributed by atoms with Gasteiger partial charge in [0.15, 0.2) is 0 Å². The van der Waals surface area contributed by atoms with Crippen molar-refractivity contribution in [3.8, 4) is 0 Å². The molecule has 0 aromatic carbocycles. The van der Waals surface area contributed by atoms with E-state index in [1.54, 1.807) is 10.9 Å². The van der Waals surface area contributed by atoms with E-state index in [1.807, 2.05) is 20.2 Å². The third-order valence-corrected chi connectivity index (χ3v) is 1.89. The van der Waals surface area contributed by atoms with Crippen molar-refractivity contribution in [3.63, 3.8) is 0 Å². The molecule has 0 saturated heterocycles. The molecule has 78 valence electrons. The van der Waals surface area contributed by atoms with Crippen LogP contribution in [-0.4, -0.2) is 26.9 Å². The van der Waals surface area contributed by atoms with Crippen molar-refractivity contribution in [2.75, 3.05) is 0 Å². The number of carbonyl (C=O) groups is 1. The summed E-state index contributed by atoms with van der Waals surface area (Å²) in [7, 11) is 1.85. The van der Waals surface area contributed by atoms with Crippen molar-refractivity contribution < 1.29 is 9.90 Å². The van der Waals surface area contributed by atoms with E-state index in [9.17, 15) is 4.79 Å². The van der Waals surface area contributed by atoms with E-state index in [-0.39, 0.29) is 12.5 Å². The summed E-state index contributed by atoms with van der Waals surface area (Å²) < 4.78 is 1.72. The Kier molecular flexibility index (Phi) is 3.64. The Hall–Kier alpha value is -1.36. The van der Waals surface area contributed by atoms with E-state index >= 15 is 0 Å². The summed E-state index contributed by atoms with van der Waals surface area (Å²) in [6, 6.07) is -0.0206. The fourth-order valence-corrected chi connectivity index (χ4v) is 1.19. The molecule has 0 fully saturated rings. The molecule has 14 heavy (non-hydrogen) atoms. The van der Waals surface area contributed by atoms with Crippen LogP contribution >= 0.6 is 0 Å². The molecule has 2 N–H and O–H groups in total. The van der Waals surface area contributed by atoms with Gasteiger partial charge in [0.2, 0.25) is 0 Å². The van der Waals surface area contributed by atoms with Crippen LogP contribution in [0.15, 0.2) is 12.4 Å². The molecule has 0 aliphatic rings. The van der Waals surface area contributed by atoms with Crippen molar-refractivity contribution in [2.24, 2.45) is 7.05 Å². The highest BCUT2D eigenvalue weighted by Gasteiger charge is 2.06. The zero-order valence-corrected chi connectivity index (χ0v) is 8.40. The molecule has 1 unspecified atom stereocenters. The number of nitrogens with zero attached hydrogens (tertiary/aromatic N) is 2. The minimum absolute atomic E-state index is 0.0206. The highest BCUT2D eigenvalue weighted by atomic mass is 16.4. The minimum atomic E-state index is -0.781. The summed E-state index contributed by atoms with van der Waals surface area (Å²) in [6.07, 6.45) is 3.81. The van der Waals surface area contributed by atoms with Gasteiger partial charge in [0.05, 0.1) is 12.6 Å². The van der Waals surface area contributed by atoms with Gasteiger partial charge in [0.1, 0.15) is 0 Å². The van der Waals surface area contributed by atoms with E-state index in [0.717, 1.165) is 5.56 Å². The topological polar surface area (TPSA) is 67.2 Å². The molecule has 1 aromatic rings. The molecule has 5 heteroatoms. The highest BCUT2D eigenvalue weighted by Crippen LogP contribution is 1.97. The first-order valence-electron chi connectivity index (χ1n) is 4.50. The Bertz CT molecular complexity index is 309. The fraction of sp³-hybridized carbons (Fsp3) is 0.556. The van der Waals surface area contributed by atoms with E-state index < -0.39 is 5.97 Å². The summed E-state index contributed by atoms with van der Waals surface area (Å²) >= 11 is 0. The van der Waals surface area contributed by atoms with Crippen LogP contribution in [0.2, 0.25) is 0 Å². The number of carboxylic acid groups (broad SMARTS) is 1. The largest absolute Gasteiger partial charge is 0.481 e. The maximum atomic E-state index is 10.4. The number of aliphatic carboxylic acids is 1. The Morgan fingerprint density at radius 2 is 2.50 bits per heavy atom. The second-order valence-corrected chi connectivity index (χ2v) is 3.40. The van der Waals surface area contributed by atoms with Crippen LogP contribution in [-0.2, 0) is 18.4 Å². The lowest BCUT2D eigenvalue weighted by Gasteiger charge is -2.09. The standard InChI is InChI=1S/C9H15N3O2/c1-7(3-9(13)14)10-4-8-5-11-12(2)6-8/h5-7,10H,3-4H2,1-2H3,(H,13,14). The van der Waals surface area contributed by atoms with Crippen molar-refractivity contribution in [3.05, 3.63) is 18.0 Å². The van der Waals surface area contributed by atoms with Gasteiger partial charge in [-0.2, -0.15) is 5.10 Å². The lowest BCUT2D eigenvalue weighted by Crippen LogP contribution is -2.27. The van der Waals surface area contributed by atoms with Crippen molar-refractivity contribution in [1.29, 1.82) is 0 Å². The molecule has 0 saturated carbocycles. The van der Waals surface area contributed by atoms with Gasteiger partial charge < -0.3 is 10.4 Å². The van der Waals surface area contributed by atoms with Crippen LogP contribution in [0.25, 0.3) is 0 Å². The van der Waals surface area contributed by atoms with Gasteiger partial charge >= 0.3 is 5.97 Å². The number of nitrogens with one attached hydrogen (secondary N) is 1. The average Bonchev–Trinajstić information content (AvgIpc) is 2.47. The van der Waals surface area contributed by atoms with Crippen LogP contribution < -0.4 is 5.32 Å². The predicted molar refractivity (Wildman–Crippen MR) is 51.8 cm³/mol. The molecule has 5 nitrogen and oxygen atoms in total. The quantitative estimate of drug-likeness (QED) is 0.715. The zero-order valence-electron chi connectivity index (χ0n) is 8.40. The zero-order chi connectivity index (χ0) is 10.6. The van der Waals surface area contributed by atoms with Crippen molar-refractivity contribution in [2.45, 2.75) is 25.9 Å². The Morgan fingerprint density at radius 3 is 3.00 bits per heavy atom. The maximum Gasteiger partial charge on any atom is 0.304 e. The molecular weight excluding hydrogens is 182 g/mol. The van der Waals surface area contributed by atoms with Crippen molar-refractivity contribution in [1.82, 2.24) is 15.1 Å². The van der Waals surface area contributed by atoms with E-state index in [0.29, 0.717) is 6.54 Å². The number of aromatic nitrogens is 2. The van der Waals surface area contributed by atoms with Gasteiger partial charge in [-0.3, -0.25) is 9.48 Å². The first-order valence-corrected chi connectivity index (χ1v) is 4.50. The van der Waals surface area contributed by atoms with Gasteiger partial charge in [-0.1, -0.05) is 0 Å². The monoisotopic (exact) mass is 197 g/mol. The average molecular weight is 197 g/mol. The highest BCUT2D eigenvalue weighted by molar-refractivity contribution is 5.67. The van der Waals surface area contributed by atoms with Crippen LogP contribution in [0.5, 0.6) is 0 Å². The molecule has 0 aliphatic carbocycles. The Labute approximate surface area is 82.7 Å². The fourth-order valence-electron chi connectivity index (χ4n) is 1.19. The summed E-state index contributed by atoms with van der Waals surface area (Å²) in [4.78, 5) is 10.4. The number of rotatable bonds is 5. The van der Waals surface area contributed by atoms with Crippen molar-refractivity contribution >= 4 is 5.97 Å². The van der Waals surface area contributed by atoms with Crippen LogP contribution in [0.1, 0.15) is 18.9 Å². The first-order chi connectivity index (χ1) is 6.58. The van der Waals surface area contributed by atoms with E-state index in [4.69, 9.17) is 5.11 Å². The number of aryl methyl sites for hydroxylation is 1. The molecule has 1 rings (SSSR count). The molecule has 0 spiro atoms. The molecule has 0 aliphatic heterocycles.